The number of aromatic carboxylic acids is 1. The molecule has 0 heterocycles. The van der Waals surface area contributed by atoms with Crippen LogP contribution in [0.15, 0.2) is 18.2 Å². The van der Waals surface area contributed by atoms with Gasteiger partial charge in [-0.15, -0.1) is 0 Å². The quantitative estimate of drug-likeness (QED) is 0.435. The fraction of sp³-hybridized carbons (Fsp3) is 0.650. The van der Waals surface area contributed by atoms with Crippen LogP contribution in [0, 0.1) is 0 Å². The van der Waals surface area contributed by atoms with Crippen LogP contribution in [0.1, 0.15) is 93.5 Å². The van der Waals surface area contributed by atoms with Crippen molar-refractivity contribution in [3.63, 3.8) is 0 Å². The number of carboxylic acids is 1. The number of carboxylic acid groups (broad SMARTS) is 1. The molecule has 1 N–H and O–H groups in total. The van der Waals surface area contributed by atoms with Crippen LogP contribution in [0.3, 0.4) is 0 Å². The molecule has 0 aliphatic rings. The minimum Gasteiger partial charge on any atom is -0.872 e. The van der Waals surface area contributed by atoms with E-state index in [1.54, 1.807) is 6.07 Å². The van der Waals surface area contributed by atoms with E-state index >= 15 is 0 Å². The molecule has 130 valence electrons. The van der Waals surface area contributed by atoms with Gasteiger partial charge >= 0.3 is 57.4 Å². The van der Waals surface area contributed by atoms with Gasteiger partial charge in [0.25, 0.3) is 0 Å². The van der Waals surface area contributed by atoms with Gasteiger partial charge in [0, 0.05) is 0 Å². The van der Waals surface area contributed by atoms with Crippen LogP contribution in [0.4, 0.5) is 0 Å². The molecule has 3 nitrogen and oxygen atoms in total. The van der Waals surface area contributed by atoms with Gasteiger partial charge in [-0.05, 0) is 24.5 Å². The maximum Gasteiger partial charge on any atom is 1.00 e. The molecule has 24 heavy (non-hydrogen) atoms. The standard InChI is InChI=1S/C20H32O3.K/c1-2-3-4-5-6-7-8-9-10-11-12-13-17-14-15-19(21)18(16-17)20(22)23;/h14-16,21H,2-13H2,1H3,(H,22,23);/q;+1/p-1. The molecular weight excluding hydrogens is 327 g/mol. The second-order valence-corrected chi connectivity index (χ2v) is 6.42. The van der Waals surface area contributed by atoms with E-state index < -0.39 is 11.7 Å². The zero-order chi connectivity index (χ0) is 16.9. The molecule has 1 aromatic carbocycles. The summed E-state index contributed by atoms with van der Waals surface area (Å²) in [4.78, 5) is 10.9. The third-order valence-corrected chi connectivity index (χ3v) is 4.34. The Bertz CT molecular complexity index is 460. The molecule has 0 atom stereocenters. The Morgan fingerprint density at radius 1 is 0.917 bits per heavy atom. The molecule has 0 aliphatic heterocycles. The van der Waals surface area contributed by atoms with Crippen molar-refractivity contribution in [2.24, 2.45) is 0 Å². The first-order valence-corrected chi connectivity index (χ1v) is 9.18. The van der Waals surface area contributed by atoms with Gasteiger partial charge in [0.1, 0.15) is 0 Å². The zero-order valence-electron chi connectivity index (χ0n) is 15.5. The molecule has 0 aliphatic carbocycles. The summed E-state index contributed by atoms with van der Waals surface area (Å²) in [5, 5.41) is 20.3. The number of benzene rings is 1. The zero-order valence-corrected chi connectivity index (χ0v) is 18.6. The molecule has 4 heteroatoms. The molecule has 0 amide bonds. The summed E-state index contributed by atoms with van der Waals surface area (Å²) in [5.74, 6) is -1.53. The maximum absolute atomic E-state index is 11.4. The number of hydrogen-bond acceptors (Lipinski definition) is 2. The fourth-order valence-corrected chi connectivity index (χ4v) is 2.89. The molecule has 0 saturated carbocycles. The summed E-state index contributed by atoms with van der Waals surface area (Å²) in [6.07, 6.45) is 15.2. The average molecular weight is 359 g/mol. The number of carbonyl (C=O) groups is 1. The predicted molar refractivity (Wildman–Crippen MR) is 93.0 cm³/mol. The van der Waals surface area contributed by atoms with Crippen molar-refractivity contribution < 1.29 is 66.4 Å². The Hall–Kier alpha value is 0.126. The summed E-state index contributed by atoms with van der Waals surface area (Å²) in [6.45, 7) is 2.25. The molecular formula is C20H31KO3. The van der Waals surface area contributed by atoms with Gasteiger partial charge in [-0.2, -0.15) is 0 Å². The van der Waals surface area contributed by atoms with E-state index in [1.165, 1.54) is 76.3 Å². The second kappa shape index (κ2) is 15.4. The van der Waals surface area contributed by atoms with Gasteiger partial charge < -0.3 is 10.2 Å². The number of unbranched alkanes of at least 4 members (excludes halogenated alkanes) is 10. The third-order valence-electron chi connectivity index (χ3n) is 4.34. The van der Waals surface area contributed by atoms with Crippen LogP contribution in [0.25, 0.3) is 0 Å². The molecule has 0 saturated heterocycles. The van der Waals surface area contributed by atoms with Crippen LogP contribution in [-0.2, 0) is 6.42 Å². The van der Waals surface area contributed by atoms with Crippen molar-refractivity contribution in [3.05, 3.63) is 29.3 Å². The van der Waals surface area contributed by atoms with Gasteiger partial charge in [-0.3, -0.25) is 0 Å². The van der Waals surface area contributed by atoms with Crippen LogP contribution in [0.2, 0.25) is 0 Å². The topological polar surface area (TPSA) is 60.4 Å². The first kappa shape index (κ1) is 24.1. The molecule has 0 aromatic heterocycles. The monoisotopic (exact) mass is 358 g/mol. The van der Waals surface area contributed by atoms with E-state index in [0.717, 1.165) is 18.4 Å². The first-order valence-electron chi connectivity index (χ1n) is 9.18. The molecule has 1 rings (SSSR count). The van der Waals surface area contributed by atoms with Crippen molar-refractivity contribution in [2.45, 2.75) is 84.0 Å². The van der Waals surface area contributed by atoms with Crippen LogP contribution >= 0.6 is 0 Å². The van der Waals surface area contributed by atoms with Gasteiger partial charge in [-0.25, -0.2) is 4.79 Å². The Morgan fingerprint density at radius 2 is 1.42 bits per heavy atom. The van der Waals surface area contributed by atoms with E-state index in [4.69, 9.17) is 5.11 Å². The summed E-state index contributed by atoms with van der Waals surface area (Å²) in [5.41, 5.74) is 0.850. The smallest absolute Gasteiger partial charge is 0.872 e. The Morgan fingerprint density at radius 3 is 1.92 bits per heavy atom. The van der Waals surface area contributed by atoms with Gasteiger partial charge in [0.05, 0.1) is 5.56 Å². The van der Waals surface area contributed by atoms with Crippen molar-refractivity contribution in [1.82, 2.24) is 0 Å². The maximum atomic E-state index is 11.4. The van der Waals surface area contributed by atoms with Crippen molar-refractivity contribution >= 4 is 5.97 Å². The molecule has 0 unspecified atom stereocenters. The van der Waals surface area contributed by atoms with Crippen LogP contribution in [-0.4, -0.2) is 11.1 Å². The third kappa shape index (κ3) is 10.9. The summed E-state index contributed by atoms with van der Waals surface area (Å²) < 4.78 is 0. The number of aryl methyl sites for hydroxylation is 1. The van der Waals surface area contributed by atoms with Crippen molar-refractivity contribution in [2.75, 3.05) is 0 Å². The second-order valence-electron chi connectivity index (χ2n) is 6.42. The average Bonchev–Trinajstić information content (AvgIpc) is 2.53. The summed E-state index contributed by atoms with van der Waals surface area (Å²) in [6, 6.07) is 4.66. The SMILES string of the molecule is CCCCCCCCCCCCCc1ccc([O-])c(C(=O)O)c1.[K+]. The minimum absolute atomic E-state index is 0. The minimum atomic E-state index is -1.13. The van der Waals surface area contributed by atoms with E-state index in [9.17, 15) is 9.90 Å². The summed E-state index contributed by atoms with van der Waals surface area (Å²) in [7, 11) is 0. The van der Waals surface area contributed by atoms with Gasteiger partial charge in [0.2, 0.25) is 0 Å². The first-order chi connectivity index (χ1) is 11.1. The molecule has 0 spiro atoms. The van der Waals surface area contributed by atoms with E-state index in [-0.39, 0.29) is 56.9 Å². The summed E-state index contributed by atoms with van der Waals surface area (Å²) >= 11 is 0. The molecule has 1 aromatic rings. The normalized spacial score (nSPS) is 10.4. The predicted octanol–water partition coefficient (Wildman–Crippen LogP) is 2.32. The van der Waals surface area contributed by atoms with E-state index in [1.807, 2.05) is 0 Å². The van der Waals surface area contributed by atoms with E-state index in [0.29, 0.717) is 0 Å². The Balaban J connectivity index is 0.00000529. The van der Waals surface area contributed by atoms with E-state index in [2.05, 4.69) is 6.92 Å². The molecule has 0 fully saturated rings. The van der Waals surface area contributed by atoms with Crippen LogP contribution < -0.4 is 56.5 Å². The fourth-order valence-electron chi connectivity index (χ4n) is 2.89. The van der Waals surface area contributed by atoms with Crippen molar-refractivity contribution in [1.29, 1.82) is 0 Å². The number of hydrogen-bond donors (Lipinski definition) is 1. The molecule has 0 bridgehead atoms. The molecule has 0 radical (unpaired) electrons. The largest absolute Gasteiger partial charge is 1.00 e. The Labute approximate surface area is 189 Å². The van der Waals surface area contributed by atoms with Gasteiger partial charge in [-0.1, -0.05) is 89.0 Å². The number of rotatable bonds is 13. The van der Waals surface area contributed by atoms with Crippen LogP contribution in [0.5, 0.6) is 5.75 Å². The van der Waals surface area contributed by atoms with Crippen molar-refractivity contribution in [3.8, 4) is 5.75 Å². The van der Waals surface area contributed by atoms with Gasteiger partial charge in [0.15, 0.2) is 0 Å². The Kier molecular flexibility index (Phi) is 15.5.